The number of nitrogens with zero attached hydrogens (tertiary/aromatic N) is 2. The molecule has 1 aliphatic heterocycles. The van der Waals surface area contributed by atoms with Gasteiger partial charge < -0.3 is 15.4 Å². The van der Waals surface area contributed by atoms with Crippen molar-refractivity contribution in [2.24, 2.45) is 0 Å². The number of carbonyl (C=O) groups is 2. The van der Waals surface area contributed by atoms with Crippen molar-refractivity contribution in [1.82, 2.24) is 20.6 Å². The van der Waals surface area contributed by atoms with Crippen LogP contribution in [0.4, 0.5) is 10.7 Å². The second-order valence-electron chi connectivity index (χ2n) is 8.70. The number of hydrogen-bond donors (Lipinski definition) is 3. The zero-order valence-corrected chi connectivity index (χ0v) is 20.2. The van der Waals surface area contributed by atoms with Gasteiger partial charge in [0, 0.05) is 30.4 Å². The Kier molecular flexibility index (Phi) is 6.96. The molecule has 1 aromatic heterocycles. The number of benzene rings is 2. The van der Waals surface area contributed by atoms with Crippen LogP contribution in [-0.2, 0) is 11.3 Å². The minimum atomic E-state index is -0.389. The van der Waals surface area contributed by atoms with Crippen molar-refractivity contribution in [2.75, 3.05) is 12.4 Å². The molecule has 5 rings (SSSR count). The Balaban J connectivity index is 1.16. The molecule has 180 valence electrons. The van der Waals surface area contributed by atoms with E-state index in [-0.39, 0.29) is 17.2 Å². The highest BCUT2D eigenvalue weighted by molar-refractivity contribution is 8.18. The standard InChI is InChI=1S/C26H27N5O3S/c1-34-22-11-6-16-4-2-3-5-20(16)21(22)15-28-17-7-9-18(10-8-17)29-25-27-13-12-19(30-25)14-23-24(32)31-26(33)35-23/h2-6,11-14,17-18,28H,7-10,15H2,1H3,(H,27,29,30)(H,31,32,33)/b23-14-. The lowest BCUT2D eigenvalue weighted by Gasteiger charge is -2.30. The van der Waals surface area contributed by atoms with Crippen molar-refractivity contribution in [2.45, 2.75) is 44.3 Å². The number of hydrogen-bond acceptors (Lipinski definition) is 8. The molecule has 3 aromatic rings. The number of rotatable bonds is 7. The third-order valence-electron chi connectivity index (χ3n) is 6.44. The molecule has 1 aliphatic carbocycles. The first kappa shape index (κ1) is 23.3. The SMILES string of the molecule is COc1ccc2ccccc2c1CNC1CCC(Nc2nccc(/C=C3\SC(=O)NC3=O)n2)CC1. The van der Waals surface area contributed by atoms with Gasteiger partial charge in [0.25, 0.3) is 11.1 Å². The van der Waals surface area contributed by atoms with E-state index in [1.54, 1.807) is 25.4 Å². The summed E-state index contributed by atoms with van der Waals surface area (Å²) in [6, 6.07) is 15.0. The Bertz CT molecular complexity index is 1290. The van der Waals surface area contributed by atoms with E-state index >= 15 is 0 Å². The van der Waals surface area contributed by atoms with Crippen LogP contribution < -0.4 is 20.7 Å². The van der Waals surface area contributed by atoms with Gasteiger partial charge in [-0.25, -0.2) is 9.97 Å². The van der Waals surface area contributed by atoms with Gasteiger partial charge in [-0.1, -0.05) is 30.3 Å². The Hall–Kier alpha value is -3.43. The molecule has 0 atom stereocenters. The van der Waals surface area contributed by atoms with E-state index in [0.717, 1.165) is 49.7 Å². The Morgan fingerprint density at radius 2 is 1.89 bits per heavy atom. The Morgan fingerprint density at radius 3 is 2.66 bits per heavy atom. The van der Waals surface area contributed by atoms with E-state index in [1.165, 1.54) is 16.3 Å². The van der Waals surface area contributed by atoms with Crippen LogP contribution in [0.15, 0.2) is 53.6 Å². The fourth-order valence-electron chi connectivity index (χ4n) is 4.64. The summed E-state index contributed by atoms with van der Waals surface area (Å²) in [6.07, 6.45) is 7.38. The maximum absolute atomic E-state index is 11.8. The molecule has 1 saturated heterocycles. The van der Waals surface area contributed by atoms with Crippen molar-refractivity contribution in [1.29, 1.82) is 0 Å². The Labute approximate surface area is 207 Å². The van der Waals surface area contributed by atoms with Crippen LogP contribution in [0.5, 0.6) is 5.75 Å². The van der Waals surface area contributed by atoms with Gasteiger partial charge in [-0.3, -0.25) is 14.9 Å². The van der Waals surface area contributed by atoms with E-state index < -0.39 is 0 Å². The number of nitrogens with one attached hydrogen (secondary N) is 3. The molecule has 0 bridgehead atoms. The number of fused-ring (bicyclic) bond motifs is 1. The fourth-order valence-corrected chi connectivity index (χ4v) is 5.31. The highest BCUT2D eigenvalue weighted by Crippen LogP contribution is 2.29. The van der Waals surface area contributed by atoms with Crippen LogP contribution in [0, 0.1) is 0 Å². The van der Waals surface area contributed by atoms with Gasteiger partial charge in [0.2, 0.25) is 5.95 Å². The number of imide groups is 1. The number of amides is 2. The number of ether oxygens (including phenoxy) is 1. The second-order valence-corrected chi connectivity index (χ2v) is 9.71. The van der Waals surface area contributed by atoms with E-state index in [9.17, 15) is 9.59 Å². The summed E-state index contributed by atoms with van der Waals surface area (Å²) >= 11 is 0.882. The molecule has 35 heavy (non-hydrogen) atoms. The minimum Gasteiger partial charge on any atom is -0.496 e. The molecule has 9 heteroatoms. The van der Waals surface area contributed by atoms with Gasteiger partial charge in [0.05, 0.1) is 17.7 Å². The molecule has 2 aromatic carbocycles. The smallest absolute Gasteiger partial charge is 0.290 e. The lowest BCUT2D eigenvalue weighted by Crippen LogP contribution is -2.37. The number of thioether (sulfide) groups is 1. The number of aromatic nitrogens is 2. The molecule has 2 amide bonds. The highest BCUT2D eigenvalue weighted by atomic mass is 32.2. The summed E-state index contributed by atoms with van der Waals surface area (Å²) in [7, 11) is 1.72. The predicted octanol–water partition coefficient (Wildman–Crippen LogP) is 4.48. The van der Waals surface area contributed by atoms with Gasteiger partial charge in [-0.2, -0.15) is 0 Å². The van der Waals surface area contributed by atoms with Crippen molar-refractivity contribution in [3.63, 3.8) is 0 Å². The number of carbonyl (C=O) groups excluding carboxylic acids is 2. The van der Waals surface area contributed by atoms with Crippen molar-refractivity contribution in [3.8, 4) is 5.75 Å². The molecular formula is C26H27N5O3S. The normalized spacial score (nSPS) is 21.3. The maximum Gasteiger partial charge on any atom is 0.290 e. The van der Waals surface area contributed by atoms with Crippen LogP contribution in [0.25, 0.3) is 16.8 Å². The van der Waals surface area contributed by atoms with Crippen LogP contribution >= 0.6 is 11.8 Å². The van der Waals surface area contributed by atoms with Crippen molar-refractivity contribution < 1.29 is 14.3 Å². The fraction of sp³-hybridized carbons (Fsp3) is 0.308. The van der Waals surface area contributed by atoms with Crippen LogP contribution in [0.2, 0.25) is 0 Å². The molecule has 2 aliphatic rings. The van der Waals surface area contributed by atoms with Gasteiger partial charge in [0.1, 0.15) is 5.75 Å². The van der Waals surface area contributed by atoms with E-state index in [0.29, 0.717) is 22.6 Å². The van der Waals surface area contributed by atoms with Gasteiger partial charge in [-0.05, 0) is 66.4 Å². The monoisotopic (exact) mass is 489 g/mol. The average Bonchev–Trinajstić information content (AvgIpc) is 3.19. The van der Waals surface area contributed by atoms with E-state index in [4.69, 9.17) is 4.74 Å². The largest absolute Gasteiger partial charge is 0.496 e. The molecule has 0 radical (unpaired) electrons. The van der Waals surface area contributed by atoms with Crippen molar-refractivity contribution in [3.05, 3.63) is 64.8 Å². The lowest BCUT2D eigenvalue weighted by atomic mass is 9.91. The molecule has 8 nitrogen and oxygen atoms in total. The number of methoxy groups -OCH3 is 1. The predicted molar refractivity (Wildman–Crippen MR) is 138 cm³/mol. The first-order valence-electron chi connectivity index (χ1n) is 11.7. The molecule has 0 unspecified atom stereocenters. The third-order valence-corrected chi connectivity index (χ3v) is 7.25. The minimum absolute atomic E-state index is 0.286. The quantitative estimate of drug-likeness (QED) is 0.418. The molecule has 1 saturated carbocycles. The van der Waals surface area contributed by atoms with Gasteiger partial charge in [0.15, 0.2) is 0 Å². The maximum atomic E-state index is 11.8. The van der Waals surface area contributed by atoms with E-state index in [2.05, 4.69) is 56.3 Å². The second kappa shape index (κ2) is 10.5. The number of anilines is 1. The van der Waals surface area contributed by atoms with Gasteiger partial charge in [-0.15, -0.1) is 0 Å². The first-order valence-corrected chi connectivity index (χ1v) is 12.5. The zero-order valence-electron chi connectivity index (χ0n) is 19.4. The molecular weight excluding hydrogens is 462 g/mol. The topological polar surface area (TPSA) is 105 Å². The highest BCUT2D eigenvalue weighted by Gasteiger charge is 2.25. The zero-order chi connectivity index (χ0) is 24.2. The van der Waals surface area contributed by atoms with Gasteiger partial charge >= 0.3 is 0 Å². The molecule has 3 N–H and O–H groups in total. The third kappa shape index (κ3) is 5.47. The summed E-state index contributed by atoms with van der Waals surface area (Å²) in [4.78, 5) is 32.3. The summed E-state index contributed by atoms with van der Waals surface area (Å²) in [5.41, 5.74) is 1.79. The summed E-state index contributed by atoms with van der Waals surface area (Å²) in [5, 5.41) is 11.5. The van der Waals surface area contributed by atoms with E-state index in [1.807, 2.05) is 6.07 Å². The van der Waals surface area contributed by atoms with Crippen LogP contribution in [-0.4, -0.2) is 40.3 Å². The molecule has 2 heterocycles. The average molecular weight is 490 g/mol. The Morgan fingerprint density at radius 1 is 1.09 bits per heavy atom. The van der Waals surface area contributed by atoms with Crippen molar-refractivity contribution >= 4 is 45.7 Å². The summed E-state index contributed by atoms with van der Waals surface area (Å²) in [6.45, 7) is 0.765. The molecule has 0 spiro atoms. The summed E-state index contributed by atoms with van der Waals surface area (Å²) < 4.78 is 5.63. The molecule has 2 fully saturated rings. The van der Waals surface area contributed by atoms with Crippen LogP contribution in [0.3, 0.4) is 0 Å². The van der Waals surface area contributed by atoms with Crippen LogP contribution in [0.1, 0.15) is 36.9 Å². The summed E-state index contributed by atoms with van der Waals surface area (Å²) in [5.74, 6) is 1.06. The lowest BCUT2D eigenvalue weighted by molar-refractivity contribution is -0.115. The first-order chi connectivity index (χ1) is 17.1.